The van der Waals surface area contributed by atoms with Gasteiger partial charge >= 0.3 is 0 Å². The van der Waals surface area contributed by atoms with Crippen LogP contribution in [0.3, 0.4) is 0 Å². The standard InChI is InChI=1S/C19H20Br2O2/c20-17-12-16(14-22)13-18(21)19(17)23-11-7-2-1-4-8-15-9-5-3-6-10-15/h3,5-6,9-10,12-14H,1-2,4,7-8,11H2. The summed E-state index contributed by atoms with van der Waals surface area (Å²) in [5.41, 5.74) is 2.03. The molecule has 0 aliphatic heterocycles. The highest BCUT2D eigenvalue weighted by molar-refractivity contribution is 9.11. The van der Waals surface area contributed by atoms with Crippen LogP contribution in [0.25, 0.3) is 0 Å². The summed E-state index contributed by atoms with van der Waals surface area (Å²) in [7, 11) is 0. The Hall–Kier alpha value is -1.13. The van der Waals surface area contributed by atoms with Gasteiger partial charge in [-0.2, -0.15) is 0 Å². The van der Waals surface area contributed by atoms with Crippen LogP contribution >= 0.6 is 31.9 Å². The van der Waals surface area contributed by atoms with Gasteiger partial charge < -0.3 is 4.74 Å². The second kappa shape index (κ2) is 9.89. The molecule has 0 atom stereocenters. The Kier molecular flexibility index (Phi) is 7.83. The molecule has 0 fully saturated rings. The number of hydrogen-bond acceptors (Lipinski definition) is 2. The predicted octanol–water partition coefficient (Wildman–Crippen LogP) is 6.21. The summed E-state index contributed by atoms with van der Waals surface area (Å²) in [6.45, 7) is 0.684. The minimum atomic E-state index is 0.622. The zero-order chi connectivity index (χ0) is 16.5. The van der Waals surface area contributed by atoms with Gasteiger partial charge in [0.25, 0.3) is 0 Å². The average molecular weight is 440 g/mol. The maximum Gasteiger partial charge on any atom is 0.150 e. The van der Waals surface area contributed by atoms with Crippen molar-refractivity contribution in [3.05, 3.63) is 62.5 Å². The summed E-state index contributed by atoms with van der Waals surface area (Å²) >= 11 is 6.89. The molecule has 0 aliphatic rings. The van der Waals surface area contributed by atoms with Crippen LogP contribution in [0, 0.1) is 0 Å². The van der Waals surface area contributed by atoms with Gasteiger partial charge in [-0.3, -0.25) is 4.79 Å². The van der Waals surface area contributed by atoms with Crippen LogP contribution in [0.15, 0.2) is 51.4 Å². The van der Waals surface area contributed by atoms with E-state index in [2.05, 4.69) is 62.2 Å². The Balaban J connectivity index is 1.65. The summed E-state index contributed by atoms with van der Waals surface area (Å²) in [4.78, 5) is 10.8. The van der Waals surface area contributed by atoms with Crippen LogP contribution < -0.4 is 4.74 Å². The Morgan fingerprint density at radius 2 is 1.57 bits per heavy atom. The largest absolute Gasteiger partial charge is 0.491 e. The number of carbonyl (C=O) groups is 1. The minimum Gasteiger partial charge on any atom is -0.491 e. The number of benzene rings is 2. The van der Waals surface area contributed by atoms with E-state index in [1.54, 1.807) is 12.1 Å². The molecule has 0 aliphatic carbocycles. The molecule has 0 unspecified atom stereocenters. The highest BCUT2D eigenvalue weighted by Gasteiger charge is 2.08. The number of aryl methyl sites for hydroxylation is 1. The molecular formula is C19H20Br2O2. The second-order valence-corrected chi connectivity index (χ2v) is 7.14. The number of ether oxygens (including phenoxy) is 1. The van der Waals surface area contributed by atoms with E-state index in [4.69, 9.17) is 4.74 Å². The first-order valence-corrected chi connectivity index (χ1v) is 9.40. The second-order valence-electron chi connectivity index (χ2n) is 5.43. The van der Waals surface area contributed by atoms with Crippen LogP contribution in [0.1, 0.15) is 41.6 Å². The Morgan fingerprint density at radius 1 is 0.913 bits per heavy atom. The molecular weight excluding hydrogens is 420 g/mol. The van der Waals surface area contributed by atoms with Gasteiger partial charge in [-0.15, -0.1) is 0 Å². The van der Waals surface area contributed by atoms with Crippen LogP contribution in [-0.4, -0.2) is 12.9 Å². The lowest BCUT2D eigenvalue weighted by atomic mass is 10.1. The van der Waals surface area contributed by atoms with Crippen molar-refractivity contribution in [2.75, 3.05) is 6.61 Å². The third-order valence-electron chi connectivity index (χ3n) is 3.61. The number of halogens is 2. The molecule has 0 radical (unpaired) electrons. The summed E-state index contributed by atoms with van der Waals surface area (Å²) in [6, 6.07) is 14.1. The van der Waals surface area contributed by atoms with Crippen molar-refractivity contribution in [1.82, 2.24) is 0 Å². The fraction of sp³-hybridized carbons (Fsp3) is 0.316. The number of rotatable bonds is 9. The Labute approximate surface area is 154 Å². The monoisotopic (exact) mass is 438 g/mol. The van der Waals surface area contributed by atoms with Gasteiger partial charge in [-0.05, 0) is 68.8 Å². The molecule has 0 heterocycles. The van der Waals surface area contributed by atoms with Crippen molar-refractivity contribution in [3.8, 4) is 5.75 Å². The molecule has 0 amide bonds. The van der Waals surface area contributed by atoms with E-state index in [1.807, 2.05) is 0 Å². The fourth-order valence-electron chi connectivity index (χ4n) is 2.39. The maximum absolute atomic E-state index is 10.8. The molecule has 0 aromatic heterocycles. The maximum atomic E-state index is 10.8. The Morgan fingerprint density at radius 3 is 2.22 bits per heavy atom. The third kappa shape index (κ3) is 6.11. The number of carbonyl (C=O) groups excluding carboxylic acids is 1. The van der Waals surface area contributed by atoms with Crippen molar-refractivity contribution in [3.63, 3.8) is 0 Å². The summed E-state index contributed by atoms with van der Waals surface area (Å²) < 4.78 is 7.43. The quantitative estimate of drug-likeness (QED) is 0.343. The van der Waals surface area contributed by atoms with Crippen LogP contribution in [-0.2, 0) is 6.42 Å². The van der Waals surface area contributed by atoms with Crippen LogP contribution in [0.2, 0.25) is 0 Å². The van der Waals surface area contributed by atoms with E-state index in [0.29, 0.717) is 12.2 Å². The highest BCUT2D eigenvalue weighted by atomic mass is 79.9. The summed E-state index contributed by atoms with van der Waals surface area (Å²) in [6.07, 6.45) is 6.59. The van der Waals surface area contributed by atoms with Gasteiger partial charge in [0.1, 0.15) is 12.0 Å². The zero-order valence-corrected chi connectivity index (χ0v) is 16.1. The molecule has 4 heteroatoms. The van der Waals surface area contributed by atoms with E-state index in [1.165, 1.54) is 18.4 Å². The van der Waals surface area contributed by atoms with E-state index < -0.39 is 0 Å². The molecule has 0 N–H and O–H groups in total. The van der Waals surface area contributed by atoms with E-state index in [0.717, 1.165) is 40.2 Å². The highest BCUT2D eigenvalue weighted by Crippen LogP contribution is 2.34. The van der Waals surface area contributed by atoms with Gasteiger partial charge in [0, 0.05) is 5.56 Å². The summed E-state index contributed by atoms with van der Waals surface area (Å²) in [5, 5.41) is 0. The number of aldehydes is 1. The molecule has 122 valence electrons. The van der Waals surface area contributed by atoms with Gasteiger partial charge in [0.05, 0.1) is 15.6 Å². The Bertz CT molecular complexity index is 604. The van der Waals surface area contributed by atoms with Crippen LogP contribution in [0.4, 0.5) is 0 Å². The zero-order valence-electron chi connectivity index (χ0n) is 12.9. The van der Waals surface area contributed by atoms with E-state index in [9.17, 15) is 4.79 Å². The smallest absolute Gasteiger partial charge is 0.150 e. The van der Waals surface area contributed by atoms with Crippen LogP contribution in [0.5, 0.6) is 5.75 Å². The third-order valence-corrected chi connectivity index (χ3v) is 4.78. The summed E-state index contributed by atoms with van der Waals surface area (Å²) in [5.74, 6) is 0.764. The molecule has 2 aromatic rings. The fourth-order valence-corrected chi connectivity index (χ4v) is 3.84. The van der Waals surface area contributed by atoms with E-state index in [-0.39, 0.29) is 0 Å². The molecule has 0 saturated carbocycles. The molecule has 0 spiro atoms. The van der Waals surface area contributed by atoms with Crippen molar-refractivity contribution in [2.24, 2.45) is 0 Å². The van der Waals surface area contributed by atoms with E-state index >= 15 is 0 Å². The lowest BCUT2D eigenvalue weighted by Gasteiger charge is -2.11. The topological polar surface area (TPSA) is 26.3 Å². The van der Waals surface area contributed by atoms with Crippen molar-refractivity contribution in [2.45, 2.75) is 32.1 Å². The van der Waals surface area contributed by atoms with Gasteiger partial charge in [-0.25, -0.2) is 0 Å². The van der Waals surface area contributed by atoms with Gasteiger partial charge in [0.15, 0.2) is 0 Å². The number of hydrogen-bond donors (Lipinski definition) is 0. The normalized spacial score (nSPS) is 10.5. The first-order valence-electron chi connectivity index (χ1n) is 7.81. The average Bonchev–Trinajstić information content (AvgIpc) is 2.56. The molecule has 0 bridgehead atoms. The van der Waals surface area contributed by atoms with Crippen molar-refractivity contribution < 1.29 is 9.53 Å². The first kappa shape index (κ1) is 18.2. The SMILES string of the molecule is O=Cc1cc(Br)c(OCCCCCCc2ccccc2)c(Br)c1. The first-order chi connectivity index (χ1) is 11.2. The van der Waals surface area contributed by atoms with Crippen molar-refractivity contribution in [1.29, 1.82) is 0 Å². The van der Waals surface area contributed by atoms with Gasteiger partial charge in [-0.1, -0.05) is 43.2 Å². The van der Waals surface area contributed by atoms with Gasteiger partial charge in [0.2, 0.25) is 0 Å². The molecule has 2 nitrogen and oxygen atoms in total. The lowest BCUT2D eigenvalue weighted by Crippen LogP contribution is -1.99. The predicted molar refractivity (Wildman–Crippen MR) is 101 cm³/mol. The lowest BCUT2D eigenvalue weighted by molar-refractivity contribution is 0.112. The number of unbranched alkanes of at least 4 members (excludes halogenated alkanes) is 3. The molecule has 2 aromatic carbocycles. The molecule has 2 rings (SSSR count). The molecule has 0 saturated heterocycles. The molecule has 23 heavy (non-hydrogen) atoms. The minimum absolute atomic E-state index is 0.622. The van der Waals surface area contributed by atoms with Crippen molar-refractivity contribution >= 4 is 38.1 Å².